The van der Waals surface area contributed by atoms with Crippen molar-refractivity contribution < 1.29 is 9.90 Å². The summed E-state index contributed by atoms with van der Waals surface area (Å²) in [5, 5.41) is 10.0. The molecule has 0 unspecified atom stereocenters. The fraction of sp³-hybridized carbons (Fsp3) is 0.269. The molecule has 0 bridgehead atoms. The monoisotopic (exact) mass is 398 g/mol. The van der Waals surface area contributed by atoms with Crippen LogP contribution in [0.25, 0.3) is 11.1 Å². The second kappa shape index (κ2) is 8.05. The van der Waals surface area contributed by atoms with Crippen molar-refractivity contribution in [3.05, 3.63) is 96.1 Å². The second-order valence-electron chi connectivity index (χ2n) is 8.29. The summed E-state index contributed by atoms with van der Waals surface area (Å²) in [6, 6.07) is 29.2. The fourth-order valence-electron chi connectivity index (χ4n) is 5.06. The predicted molar refractivity (Wildman–Crippen MR) is 118 cm³/mol. The lowest BCUT2D eigenvalue weighted by atomic mass is 9.73. The summed E-state index contributed by atoms with van der Waals surface area (Å²) < 4.78 is 0. The summed E-state index contributed by atoms with van der Waals surface area (Å²) in [6.07, 6.45) is 0. The first kappa shape index (κ1) is 19.0. The maximum absolute atomic E-state index is 12.8. The van der Waals surface area contributed by atoms with Gasteiger partial charge in [-0.15, -0.1) is 0 Å². The Bertz CT molecular complexity index is 1000. The minimum atomic E-state index is -0.121. The Morgan fingerprint density at radius 1 is 0.833 bits per heavy atom. The second-order valence-corrected chi connectivity index (χ2v) is 8.29. The smallest absolute Gasteiger partial charge is 0.237 e. The maximum atomic E-state index is 12.8. The number of aliphatic hydroxyl groups excluding tert-OH is 1. The molecule has 2 heterocycles. The molecule has 0 radical (unpaired) electrons. The highest BCUT2D eigenvalue weighted by Crippen LogP contribution is 2.43. The lowest BCUT2D eigenvalue weighted by Gasteiger charge is -2.59. The van der Waals surface area contributed by atoms with Gasteiger partial charge in [-0.05, 0) is 22.3 Å². The zero-order valence-corrected chi connectivity index (χ0v) is 16.9. The van der Waals surface area contributed by atoms with Crippen LogP contribution in [0.2, 0.25) is 0 Å². The third kappa shape index (κ3) is 3.42. The van der Waals surface area contributed by atoms with E-state index in [1.807, 2.05) is 41.3 Å². The number of aliphatic hydroxyl groups is 1. The number of piperazine rings is 1. The lowest BCUT2D eigenvalue weighted by Crippen LogP contribution is -2.72. The van der Waals surface area contributed by atoms with Crippen LogP contribution in [0.15, 0.2) is 84.9 Å². The maximum Gasteiger partial charge on any atom is 0.237 e. The molecule has 1 amide bonds. The van der Waals surface area contributed by atoms with Crippen molar-refractivity contribution in [1.29, 1.82) is 0 Å². The van der Waals surface area contributed by atoms with Crippen molar-refractivity contribution in [2.45, 2.75) is 24.5 Å². The number of nitrogens with zero attached hydrogens (tertiary/aromatic N) is 2. The van der Waals surface area contributed by atoms with Gasteiger partial charge < -0.3 is 10.0 Å². The third-order valence-electron chi connectivity index (χ3n) is 6.47. The molecule has 2 saturated heterocycles. The number of benzene rings is 3. The summed E-state index contributed by atoms with van der Waals surface area (Å²) in [7, 11) is 0. The largest absolute Gasteiger partial charge is 0.394 e. The highest BCUT2D eigenvalue weighted by Gasteiger charge is 2.53. The number of carbonyl (C=O) groups excluding carboxylic acids is 1. The van der Waals surface area contributed by atoms with E-state index < -0.39 is 0 Å². The molecule has 3 atom stereocenters. The summed E-state index contributed by atoms with van der Waals surface area (Å²) in [4.78, 5) is 17.0. The fourth-order valence-corrected chi connectivity index (χ4v) is 5.06. The standard InChI is InChI=1S/C26H26N2O2/c29-18-24-26(22-13-11-21(12-14-22)20-9-5-2-6-10-20)23-16-27(17-25(30)28(23)24)15-19-7-3-1-4-8-19/h1-14,23-24,26,29H,15-18H2/t23-,24-,26+/m0/s1. The van der Waals surface area contributed by atoms with Crippen LogP contribution in [0.5, 0.6) is 0 Å². The van der Waals surface area contributed by atoms with Crippen molar-refractivity contribution in [3.63, 3.8) is 0 Å². The molecule has 1 N–H and O–H groups in total. The average molecular weight is 399 g/mol. The molecule has 152 valence electrons. The van der Waals surface area contributed by atoms with Gasteiger partial charge in [0.05, 0.1) is 25.2 Å². The van der Waals surface area contributed by atoms with Gasteiger partial charge in [-0.25, -0.2) is 0 Å². The summed E-state index contributed by atoms with van der Waals surface area (Å²) in [5.41, 5.74) is 4.80. The quantitative estimate of drug-likeness (QED) is 0.715. The van der Waals surface area contributed by atoms with E-state index in [0.29, 0.717) is 6.54 Å². The highest BCUT2D eigenvalue weighted by atomic mass is 16.3. The molecule has 5 rings (SSSR count). The van der Waals surface area contributed by atoms with Gasteiger partial charge in [-0.3, -0.25) is 9.69 Å². The van der Waals surface area contributed by atoms with E-state index in [2.05, 4.69) is 53.4 Å². The molecular formula is C26H26N2O2. The van der Waals surface area contributed by atoms with Crippen molar-refractivity contribution in [2.24, 2.45) is 0 Å². The molecule has 4 nitrogen and oxygen atoms in total. The number of rotatable bonds is 5. The van der Waals surface area contributed by atoms with E-state index in [-0.39, 0.29) is 30.5 Å². The van der Waals surface area contributed by atoms with Crippen LogP contribution in [-0.2, 0) is 11.3 Å². The minimum absolute atomic E-state index is 0.00598. The van der Waals surface area contributed by atoms with E-state index in [1.165, 1.54) is 22.3 Å². The van der Waals surface area contributed by atoms with E-state index in [9.17, 15) is 9.90 Å². The number of hydrogen-bond donors (Lipinski definition) is 1. The Morgan fingerprint density at radius 2 is 1.47 bits per heavy atom. The van der Waals surface area contributed by atoms with Crippen LogP contribution in [0.1, 0.15) is 17.0 Å². The summed E-state index contributed by atoms with van der Waals surface area (Å²) >= 11 is 0. The molecule has 2 aliphatic rings. The minimum Gasteiger partial charge on any atom is -0.394 e. The predicted octanol–water partition coefficient (Wildman–Crippen LogP) is 3.52. The van der Waals surface area contributed by atoms with Gasteiger partial charge in [0.2, 0.25) is 5.91 Å². The zero-order chi connectivity index (χ0) is 20.5. The van der Waals surface area contributed by atoms with Crippen LogP contribution in [-0.4, -0.2) is 52.6 Å². The molecule has 3 aromatic carbocycles. The first-order chi connectivity index (χ1) is 14.7. The van der Waals surface area contributed by atoms with E-state index >= 15 is 0 Å². The first-order valence-corrected chi connectivity index (χ1v) is 10.6. The van der Waals surface area contributed by atoms with Crippen LogP contribution < -0.4 is 0 Å². The van der Waals surface area contributed by atoms with Gasteiger partial charge in [-0.2, -0.15) is 0 Å². The summed E-state index contributed by atoms with van der Waals surface area (Å²) in [6.45, 7) is 2.04. The molecular weight excluding hydrogens is 372 g/mol. The molecule has 0 aliphatic carbocycles. The van der Waals surface area contributed by atoms with Gasteiger partial charge in [-0.1, -0.05) is 84.9 Å². The number of fused-ring (bicyclic) bond motifs is 1. The molecule has 4 heteroatoms. The van der Waals surface area contributed by atoms with Crippen molar-refractivity contribution in [1.82, 2.24) is 9.80 Å². The van der Waals surface area contributed by atoms with Gasteiger partial charge in [0.1, 0.15) is 0 Å². The van der Waals surface area contributed by atoms with Gasteiger partial charge in [0, 0.05) is 19.0 Å². The number of amides is 1. The Morgan fingerprint density at radius 3 is 2.13 bits per heavy atom. The molecule has 2 fully saturated rings. The van der Waals surface area contributed by atoms with E-state index in [4.69, 9.17) is 0 Å². The molecule has 3 aromatic rings. The van der Waals surface area contributed by atoms with Crippen LogP contribution in [0, 0.1) is 0 Å². The van der Waals surface area contributed by atoms with Crippen molar-refractivity contribution >= 4 is 5.91 Å². The Hall–Kier alpha value is -2.95. The van der Waals surface area contributed by atoms with Crippen molar-refractivity contribution in [2.75, 3.05) is 19.7 Å². The lowest BCUT2D eigenvalue weighted by molar-refractivity contribution is -0.162. The molecule has 0 aromatic heterocycles. The molecule has 0 spiro atoms. The number of hydrogen-bond acceptors (Lipinski definition) is 3. The van der Waals surface area contributed by atoms with E-state index in [0.717, 1.165) is 13.1 Å². The first-order valence-electron chi connectivity index (χ1n) is 10.6. The Balaban J connectivity index is 1.36. The topological polar surface area (TPSA) is 43.8 Å². The van der Waals surface area contributed by atoms with Crippen molar-refractivity contribution in [3.8, 4) is 11.1 Å². The van der Waals surface area contributed by atoms with Crippen LogP contribution in [0.3, 0.4) is 0 Å². The molecule has 30 heavy (non-hydrogen) atoms. The summed E-state index contributed by atoms with van der Waals surface area (Å²) in [5.74, 6) is 0.292. The molecule has 2 aliphatic heterocycles. The normalized spacial score (nSPS) is 23.7. The van der Waals surface area contributed by atoms with Crippen LogP contribution >= 0.6 is 0 Å². The van der Waals surface area contributed by atoms with Gasteiger partial charge >= 0.3 is 0 Å². The van der Waals surface area contributed by atoms with Gasteiger partial charge in [0.25, 0.3) is 0 Å². The molecule has 0 saturated carbocycles. The average Bonchev–Trinajstić information content (AvgIpc) is 2.77. The Labute approximate surface area is 177 Å². The SMILES string of the molecule is O=C1CN(Cc2ccccc2)C[C@H]2[C@@H](c3ccc(-c4ccccc4)cc3)[C@H](CO)N12. The third-order valence-corrected chi connectivity index (χ3v) is 6.47. The van der Waals surface area contributed by atoms with E-state index in [1.54, 1.807) is 0 Å². The Kier molecular flexibility index (Phi) is 5.11. The highest BCUT2D eigenvalue weighted by molar-refractivity contribution is 5.81. The van der Waals surface area contributed by atoms with Gasteiger partial charge in [0.15, 0.2) is 0 Å². The zero-order valence-electron chi connectivity index (χ0n) is 16.9. The number of carbonyl (C=O) groups is 1. The van der Waals surface area contributed by atoms with Crippen LogP contribution in [0.4, 0.5) is 0 Å².